The number of nitrogens with one attached hydrogen (secondary N) is 1. The minimum Gasteiger partial charge on any atom is -0.358 e. The minimum absolute atomic E-state index is 0.124. The van der Waals surface area contributed by atoms with Gasteiger partial charge in [0.1, 0.15) is 6.54 Å². The van der Waals surface area contributed by atoms with Crippen LogP contribution in [0.1, 0.15) is 0 Å². The molecule has 0 heterocycles. The Morgan fingerprint density at radius 3 is 3.00 bits per heavy atom. The molecule has 0 atom stereocenters. The third-order valence-corrected chi connectivity index (χ3v) is 0.613. The molecule has 1 amide bonds. The van der Waals surface area contributed by atoms with Crippen LogP contribution in [0.5, 0.6) is 0 Å². The molecular formula is C5H8N2O. The number of aliphatic imine (C=N–C) groups is 1. The Labute approximate surface area is 48.1 Å². The molecule has 3 nitrogen and oxygen atoms in total. The number of likely N-dealkylation sites (N-methyl/N-ethyl adjacent to an activating group) is 1. The van der Waals surface area contributed by atoms with Gasteiger partial charge in [-0.15, -0.1) is 0 Å². The zero-order valence-electron chi connectivity index (χ0n) is 4.77. The Morgan fingerprint density at radius 2 is 2.62 bits per heavy atom. The molecule has 0 bridgehead atoms. The standard InChI is InChI=1S/C5H8N2O/c1-3-7-4-5(8)6-2/h1,4H2,2H3,(H,6,8). The molecule has 0 unspecified atom stereocenters. The lowest BCUT2D eigenvalue weighted by Crippen LogP contribution is -2.20. The second-order valence-electron chi connectivity index (χ2n) is 1.15. The third-order valence-electron chi connectivity index (χ3n) is 0.613. The van der Waals surface area contributed by atoms with Crippen molar-refractivity contribution in [3.63, 3.8) is 0 Å². The lowest BCUT2D eigenvalue weighted by Gasteiger charge is -1.88. The maximum Gasteiger partial charge on any atom is 0.242 e. The van der Waals surface area contributed by atoms with Crippen LogP contribution in [0.15, 0.2) is 11.6 Å². The number of rotatable bonds is 2. The summed E-state index contributed by atoms with van der Waals surface area (Å²) in [6.07, 6.45) is 0. The Bertz CT molecular complexity index is 124. The summed E-state index contributed by atoms with van der Waals surface area (Å²) in [7, 11) is 1.56. The van der Waals surface area contributed by atoms with Crippen molar-refractivity contribution < 1.29 is 4.79 Å². The molecule has 0 aliphatic heterocycles. The van der Waals surface area contributed by atoms with Gasteiger partial charge in [0.25, 0.3) is 0 Å². The van der Waals surface area contributed by atoms with E-state index in [9.17, 15) is 4.79 Å². The van der Waals surface area contributed by atoms with Crippen LogP contribution < -0.4 is 5.32 Å². The highest BCUT2D eigenvalue weighted by Gasteiger charge is 1.89. The normalized spacial score (nSPS) is 7.12. The van der Waals surface area contributed by atoms with Crippen molar-refractivity contribution in [3.8, 4) is 0 Å². The highest BCUT2D eigenvalue weighted by Crippen LogP contribution is 1.63. The van der Waals surface area contributed by atoms with Gasteiger partial charge in [-0.05, 0) is 12.4 Å². The van der Waals surface area contributed by atoms with E-state index in [4.69, 9.17) is 0 Å². The summed E-state index contributed by atoms with van der Waals surface area (Å²) in [6, 6.07) is 0. The summed E-state index contributed by atoms with van der Waals surface area (Å²) < 4.78 is 0. The van der Waals surface area contributed by atoms with Crippen LogP contribution in [0.2, 0.25) is 0 Å². The molecule has 0 saturated heterocycles. The monoisotopic (exact) mass is 112 g/mol. The van der Waals surface area contributed by atoms with Gasteiger partial charge in [-0.25, -0.2) is 4.99 Å². The predicted octanol–water partition coefficient (Wildman–Crippen LogP) is -0.412. The topological polar surface area (TPSA) is 41.5 Å². The van der Waals surface area contributed by atoms with Crippen LogP contribution in [0.25, 0.3) is 0 Å². The molecular weight excluding hydrogens is 104 g/mol. The molecule has 0 aliphatic rings. The van der Waals surface area contributed by atoms with Gasteiger partial charge >= 0.3 is 0 Å². The quantitative estimate of drug-likeness (QED) is 0.485. The lowest BCUT2D eigenvalue weighted by molar-refractivity contribution is -0.119. The lowest BCUT2D eigenvalue weighted by atomic mass is 10.6. The molecule has 0 radical (unpaired) electrons. The van der Waals surface area contributed by atoms with E-state index in [1.165, 1.54) is 0 Å². The number of carbonyl (C=O) groups excluding carboxylic acids is 1. The SMILES string of the molecule is C=C=NCC(=O)NC. The van der Waals surface area contributed by atoms with Gasteiger partial charge in [0.15, 0.2) is 0 Å². The van der Waals surface area contributed by atoms with E-state index in [0.717, 1.165) is 0 Å². The van der Waals surface area contributed by atoms with Gasteiger partial charge in [-0.1, -0.05) is 0 Å². The molecule has 0 aromatic heterocycles. The van der Waals surface area contributed by atoms with Crippen molar-refractivity contribution in [1.29, 1.82) is 0 Å². The number of hydrogen-bond donors (Lipinski definition) is 1. The first-order valence-corrected chi connectivity index (χ1v) is 2.20. The van der Waals surface area contributed by atoms with Crippen molar-refractivity contribution in [2.45, 2.75) is 0 Å². The number of hydrogen-bond acceptors (Lipinski definition) is 2. The summed E-state index contributed by atoms with van der Waals surface area (Å²) in [5.41, 5.74) is 0. The molecule has 0 spiro atoms. The van der Waals surface area contributed by atoms with E-state index in [1.807, 2.05) is 0 Å². The Morgan fingerprint density at radius 1 is 2.00 bits per heavy atom. The fourth-order valence-corrected chi connectivity index (χ4v) is 0.207. The van der Waals surface area contributed by atoms with Crippen molar-refractivity contribution in [1.82, 2.24) is 5.32 Å². The van der Waals surface area contributed by atoms with E-state index in [0.29, 0.717) is 0 Å². The average Bonchev–Trinajstić information content (AvgIpc) is 1.83. The number of amides is 1. The van der Waals surface area contributed by atoms with Crippen LogP contribution in [0.4, 0.5) is 0 Å². The molecule has 0 aromatic carbocycles. The van der Waals surface area contributed by atoms with E-state index in [-0.39, 0.29) is 12.5 Å². The Balaban J connectivity index is 3.39. The minimum atomic E-state index is -0.124. The number of carbonyl (C=O) groups is 1. The molecule has 0 rings (SSSR count). The average molecular weight is 112 g/mol. The zero-order chi connectivity index (χ0) is 6.41. The summed E-state index contributed by atoms with van der Waals surface area (Å²) in [4.78, 5) is 13.8. The summed E-state index contributed by atoms with van der Waals surface area (Å²) in [6.45, 7) is 3.32. The molecule has 0 fully saturated rings. The van der Waals surface area contributed by atoms with Gasteiger partial charge in [0.2, 0.25) is 5.91 Å². The summed E-state index contributed by atoms with van der Waals surface area (Å²) >= 11 is 0. The van der Waals surface area contributed by atoms with Gasteiger partial charge in [0.05, 0.1) is 0 Å². The first-order valence-electron chi connectivity index (χ1n) is 2.20. The van der Waals surface area contributed by atoms with Gasteiger partial charge in [0, 0.05) is 7.05 Å². The zero-order valence-corrected chi connectivity index (χ0v) is 4.77. The molecule has 44 valence electrons. The molecule has 1 N–H and O–H groups in total. The maximum atomic E-state index is 10.3. The summed E-state index contributed by atoms with van der Waals surface area (Å²) in [5, 5.41) is 2.40. The summed E-state index contributed by atoms with van der Waals surface area (Å²) in [5.74, 6) is 2.12. The van der Waals surface area contributed by atoms with Crippen molar-refractivity contribution in [3.05, 3.63) is 6.58 Å². The van der Waals surface area contributed by atoms with Crippen LogP contribution in [0, 0.1) is 0 Å². The second kappa shape index (κ2) is 4.09. The fourth-order valence-electron chi connectivity index (χ4n) is 0.207. The van der Waals surface area contributed by atoms with E-state index in [2.05, 4.69) is 22.8 Å². The smallest absolute Gasteiger partial charge is 0.242 e. The number of nitrogens with zero attached hydrogens (tertiary/aromatic N) is 1. The molecule has 0 aliphatic carbocycles. The highest BCUT2D eigenvalue weighted by molar-refractivity contribution is 5.78. The molecule has 3 heteroatoms. The van der Waals surface area contributed by atoms with E-state index in [1.54, 1.807) is 7.05 Å². The van der Waals surface area contributed by atoms with Crippen LogP contribution in [-0.4, -0.2) is 25.4 Å². The van der Waals surface area contributed by atoms with Gasteiger partial charge in [-0.3, -0.25) is 4.79 Å². The largest absolute Gasteiger partial charge is 0.358 e. The van der Waals surface area contributed by atoms with Gasteiger partial charge in [-0.2, -0.15) is 0 Å². The molecule has 0 saturated carbocycles. The predicted molar refractivity (Wildman–Crippen MR) is 32.0 cm³/mol. The van der Waals surface area contributed by atoms with Crippen LogP contribution >= 0.6 is 0 Å². The molecule has 0 aromatic rings. The third kappa shape index (κ3) is 3.12. The Hall–Kier alpha value is -1.08. The van der Waals surface area contributed by atoms with Crippen LogP contribution in [-0.2, 0) is 4.79 Å². The highest BCUT2D eigenvalue weighted by atomic mass is 16.1. The van der Waals surface area contributed by atoms with Crippen molar-refractivity contribution in [2.24, 2.45) is 4.99 Å². The second-order valence-corrected chi connectivity index (χ2v) is 1.15. The Kier molecular flexibility index (Phi) is 3.54. The van der Waals surface area contributed by atoms with Crippen molar-refractivity contribution >= 4 is 11.8 Å². The van der Waals surface area contributed by atoms with E-state index < -0.39 is 0 Å². The van der Waals surface area contributed by atoms with E-state index >= 15 is 0 Å². The molecule has 8 heavy (non-hydrogen) atoms. The van der Waals surface area contributed by atoms with Gasteiger partial charge < -0.3 is 5.32 Å². The first-order chi connectivity index (χ1) is 3.81. The fraction of sp³-hybridized carbons (Fsp3) is 0.400. The van der Waals surface area contributed by atoms with Crippen molar-refractivity contribution in [2.75, 3.05) is 13.6 Å². The first kappa shape index (κ1) is 6.92. The maximum absolute atomic E-state index is 10.3. The van der Waals surface area contributed by atoms with Crippen LogP contribution in [0.3, 0.4) is 0 Å².